The van der Waals surface area contributed by atoms with Crippen molar-refractivity contribution in [3.05, 3.63) is 40.9 Å². The van der Waals surface area contributed by atoms with Gasteiger partial charge in [-0.3, -0.25) is 4.79 Å². The number of carbonyl (C=O) groups is 2. The van der Waals surface area contributed by atoms with Gasteiger partial charge in [0.25, 0.3) is 5.91 Å². The van der Waals surface area contributed by atoms with E-state index in [4.69, 9.17) is 30.5 Å². The highest BCUT2D eigenvalue weighted by Crippen LogP contribution is 2.40. The molecule has 1 saturated heterocycles. The summed E-state index contributed by atoms with van der Waals surface area (Å²) in [4.78, 5) is 26.3. The van der Waals surface area contributed by atoms with Crippen LogP contribution >= 0.6 is 11.6 Å². The van der Waals surface area contributed by atoms with Gasteiger partial charge in [-0.2, -0.15) is 0 Å². The monoisotopic (exact) mass is 449 g/mol. The Morgan fingerprint density at radius 3 is 2.16 bits per heavy atom. The highest BCUT2D eigenvalue weighted by Gasteiger charge is 2.34. The molecule has 0 aliphatic carbocycles. The summed E-state index contributed by atoms with van der Waals surface area (Å²) >= 11 is 6.04. The topological polar surface area (TPSA) is 89.6 Å². The number of methoxy groups -OCH3 is 4. The minimum absolute atomic E-state index is 0.232. The Labute approximate surface area is 185 Å². The van der Waals surface area contributed by atoms with Crippen molar-refractivity contribution >= 4 is 29.2 Å². The molecule has 1 heterocycles. The van der Waals surface area contributed by atoms with Gasteiger partial charge in [-0.15, -0.1) is 0 Å². The zero-order valence-corrected chi connectivity index (χ0v) is 18.5. The van der Waals surface area contributed by atoms with Crippen LogP contribution in [0.5, 0.6) is 23.0 Å². The number of urea groups is 1. The second-order valence-corrected chi connectivity index (χ2v) is 7.00. The maximum atomic E-state index is 13.3. The fraction of sp³-hybridized carbons (Fsp3) is 0.333. The van der Waals surface area contributed by atoms with Gasteiger partial charge in [-0.1, -0.05) is 11.6 Å². The summed E-state index contributed by atoms with van der Waals surface area (Å²) < 4.78 is 21.3. The third-order valence-electron chi connectivity index (χ3n) is 4.84. The first-order valence-electron chi connectivity index (χ1n) is 9.48. The number of anilines is 1. The number of nitrogens with one attached hydrogen (secondary N) is 1. The maximum absolute atomic E-state index is 13.3. The van der Waals surface area contributed by atoms with Gasteiger partial charge in [0.2, 0.25) is 5.75 Å². The Bertz CT molecular complexity index is 984. The molecule has 3 amide bonds. The largest absolute Gasteiger partial charge is 0.495 e. The molecule has 0 atom stereocenters. The van der Waals surface area contributed by atoms with Crippen LogP contribution in [0.15, 0.2) is 30.3 Å². The summed E-state index contributed by atoms with van der Waals surface area (Å²) in [5.74, 6) is 1.02. The molecule has 9 nitrogen and oxygen atoms in total. The van der Waals surface area contributed by atoms with Crippen molar-refractivity contribution in [1.29, 1.82) is 0 Å². The molecule has 2 aromatic rings. The molecule has 0 bridgehead atoms. The molecule has 1 aliphatic rings. The van der Waals surface area contributed by atoms with E-state index in [1.165, 1.54) is 38.5 Å². The third-order valence-corrected chi connectivity index (χ3v) is 5.07. The molecule has 0 spiro atoms. The summed E-state index contributed by atoms with van der Waals surface area (Å²) in [5.41, 5.74) is 0.656. The van der Waals surface area contributed by atoms with E-state index in [1.54, 1.807) is 30.3 Å². The number of benzene rings is 2. The quantitative estimate of drug-likeness (QED) is 0.723. The number of carbonyl (C=O) groups excluding carboxylic acids is 2. The lowest BCUT2D eigenvalue weighted by molar-refractivity contribution is 0.0400. The lowest BCUT2D eigenvalue weighted by Gasteiger charge is -2.29. The van der Waals surface area contributed by atoms with Crippen LogP contribution in [-0.2, 0) is 0 Å². The summed E-state index contributed by atoms with van der Waals surface area (Å²) in [5, 5.41) is 5.92. The van der Waals surface area contributed by atoms with Crippen LogP contribution < -0.4 is 24.3 Å². The van der Waals surface area contributed by atoms with Crippen molar-refractivity contribution < 1.29 is 28.5 Å². The second kappa shape index (κ2) is 9.65. The van der Waals surface area contributed by atoms with Crippen LogP contribution in [0.25, 0.3) is 0 Å². The minimum Gasteiger partial charge on any atom is -0.495 e. The van der Waals surface area contributed by atoms with E-state index >= 15 is 0 Å². The molecule has 0 unspecified atom stereocenters. The first-order valence-corrected chi connectivity index (χ1v) is 9.85. The zero-order valence-electron chi connectivity index (χ0n) is 17.7. The number of rotatable bonds is 6. The molecule has 31 heavy (non-hydrogen) atoms. The van der Waals surface area contributed by atoms with Crippen LogP contribution in [0.3, 0.4) is 0 Å². The number of amides is 3. The SMILES string of the molecule is COc1ccc(Cl)cc1NC(=O)N1CCCN1C(=O)c1ccc(OC)c(OC)c1OC. The summed E-state index contributed by atoms with van der Waals surface area (Å²) in [6.07, 6.45) is 0.626. The first kappa shape index (κ1) is 22.4. The maximum Gasteiger partial charge on any atom is 0.340 e. The molecule has 0 aromatic heterocycles. The number of hydrogen-bond acceptors (Lipinski definition) is 6. The van der Waals surface area contributed by atoms with Crippen LogP contribution in [-0.4, -0.2) is 63.5 Å². The number of ether oxygens (including phenoxy) is 4. The lowest BCUT2D eigenvalue weighted by Crippen LogP contribution is -2.46. The molecule has 0 radical (unpaired) electrons. The molecular weight excluding hydrogens is 426 g/mol. The Hall–Kier alpha value is -3.33. The van der Waals surface area contributed by atoms with Crippen molar-refractivity contribution in [1.82, 2.24) is 10.0 Å². The van der Waals surface area contributed by atoms with Gasteiger partial charge < -0.3 is 24.3 Å². The van der Waals surface area contributed by atoms with Gasteiger partial charge in [-0.25, -0.2) is 14.8 Å². The highest BCUT2D eigenvalue weighted by atomic mass is 35.5. The minimum atomic E-state index is -0.481. The van der Waals surface area contributed by atoms with Crippen molar-refractivity contribution in [2.75, 3.05) is 46.8 Å². The van der Waals surface area contributed by atoms with E-state index in [2.05, 4.69) is 5.32 Å². The van der Waals surface area contributed by atoms with E-state index in [-0.39, 0.29) is 11.3 Å². The summed E-state index contributed by atoms with van der Waals surface area (Å²) in [6.45, 7) is 0.743. The number of nitrogens with zero attached hydrogens (tertiary/aromatic N) is 2. The van der Waals surface area contributed by atoms with Gasteiger partial charge >= 0.3 is 6.03 Å². The molecule has 1 N–H and O–H groups in total. The average Bonchev–Trinajstić information content (AvgIpc) is 3.27. The van der Waals surface area contributed by atoms with Gasteiger partial charge in [0, 0.05) is 18.1 Å². The van der Waals surface area contributed by atoms with Gasteiger partial charge in [-0.05, 0) is 36.8 Å². The van der Waals surface area contributed by atoms with Crippen LogP contribution in [0.4, 0.5) is 10.5 Å². The fourth-order valence-corrected chi connectivity index (χ4v) is 3.57. The van der Waals surface area contributed by atoms with Crippen molar-refractivity contribution in [3.8, 4) is 23.0 Å². The van der Waals surface area contributed by atoms with Crippen molar-refractivity contribution in [2.45, 2.75) is 6.42 Å². The number of hydrazine groups is 1. The van der Waals surface area contributed by atoms with E-state index in [0.717, 1.165) is 0 Å². The van der Waals surface area contributed by atoms with E-state index in [1.807, 2.05) is 0 Å². The Morgan fingerprint density at radius 1 is 0.871 bits per heavy atom. The first-order chi connectivity index (χ1) is 14.9. The van der Waals surface area contributed by atoms with Crippen LogP contribution in [0, 0.1) is 0 Å². The van der Waals surface area contributed by atoms with Gasteiger partial charge in [0.1, 0.15) is 5.75 Å². The highest BCUT2D eigenvalue weighted by molar-refractivity contribution is 6.31. The molecule has 166 valence electrons. The second-order valence-electron chi connectivity index (χ2n) is 6.56. The molecule has 1 fully saturated rings. The standard InChI is InChI=1S/C21H24ClN3O6/c1-28-16-8-6-13(22)12-15(16)23-21(27)25-11-5-10-24(25)20(26)14-7-9-17(29-2)19(31-4)18(14)30-3/h6-9,12H,5,10-11H2,1-4H3,(H,23,27). The number of hydrogen-bond donors (Lipinski definition) is 1. The molecular formula is C21H24ClN3O6. The average molecular weight is 450 g/mol. The van der Waals surface area contributed by atoms with E-state index in [0.29, 0.717) is 47.5 Å². The van der Waals surface area contributed by atoms with Gasteiger partial charge in [0.05, 0.1) is 39.7 Å². The predicted octanol–water partition coefficient (Wildman–Crippen LogP) is 3.67. The normalized spacial score (nSPS) is 13.1. The Kier molecular flexibility index (Phi) is 6.96. The van der Waals surface area contributed by atoms with Crippen molar-refractivity contribution in [2.24, 2.45) is 0 Å². The molecule has 10 heteroatoms. The Morgan fingerprint density at radius 2 is 1.52 bits per heavy atom. The predicted molar refractivity (Wildman–Crippen MR) is 115 cm³/mol. The lowest BCUT2D eigenvalue weighted by atomic mass is 10.1. The molecule has 3 rings (SSSR count). The molecule has 2 aromatic carbocycles. The van der Waals surface area contributed by atoms with E-state index < -0.39 is 11.9 Å². The van der Waals surface area contributed by atoms with Crippen LogP contribution in [0.1, 0.15) is 16.8 Å². The Balaban J connectivity index is 1.88. The van der Waals surface area contributed by atoms with Crippen LogP contribution in [0.2, 0.25) is 5.02 Å². The number of halogens is 1. The third kappa shape index (κ3) is 4.41. The van der Waals surface area contributed by atoms with E-state index in [9.17, 15) is 9.59 Å². The molecule has 1 aliphatic heterocycles. The van der Waals surface area contributed by atoms with Crippen molar-refractivity contribution in [3.63, 3.8) is 0 Å². The summed E-state index contributed by atoms with van der Waals surface area (Å²) in [7, 11) is 5.89. The fourth-order valence-electron chi connectivity index (χ4n) is 3.40. The van der Waals surface area contributed by atoms with Gasteiger partial charge in [0.15, 0.2) is 11.5 Å². The zero-order chi connectivity index (χ0) is 22.5. The summed E-state index contributed by atoms with van der Waals surface area (Å²) in [6, 6.07) is 7.61. The smallest absolute Gasteiger partial charge is 0.340 e. The molecule has 0 saturated carbocycles.